The molecule has 1 aliphatic rings. The number of esters is 1. The Hall–Kier alpha value is -3.81. The van der Waals surface area contributed by atoms with E-state index in [0.29, 0.717) is 5.89 Å². The highest BCUT2D eigenvalue weighted by atomic mass is 16.6. The molecule has 0 bridgehead atoms. The number of nitrogens with zero attached hydrogens (tertiary/aromatic N) is 3. The topological polar surface area (TPSA) is 103 Å². The van der Waals surface area contributed by atoms with E-state index in [0.717, 1.165) is 10.5 Å². The Labute approximate surface area is 159 Å². The number of benzene rings is 2. The summed E-state index contributed by atoms with van der Waals surface area (Å²) in [5.41, 5.74) is 1.29. The summed E-state index contributed by atoms with van der Waals surface area (Å²) in [6.07, 6.45) is -0.826. The Bertz CT molecular complexity index is 1030. The van der Waals surface area contributed by atoms with Crippen LogP contribution in [-0.2, 0) is 9.53 Å². The van der Waals surface area contributed by atoms with Gasteiger partial charge in [0.25, 0.3) is 17.7 Å². The third-order valence-electron chi connectivity index (χ3n) is 4.28. The smallest absolute Gasteiger partial charge is 0.326 e. The summed E-state index contributed by atoms with van der Waals surface area (Å²) < 4.78 is 10.8. The molecule has 3 aromatic rings. The molecule has 8 nitrogen and oxygen atoms in total. The van der Waals surface area contributed by atoms with Gasteiger partial charge in [0, 0.05) is 5.56 Å². The zero-order valence-electron chi connectivity index (χ0n) is 14.9. The van der Waals surface area contributed by atoms with E-state index in [1.54, 1.807) is 31.2 Å². The number of ether oxygens (including phenoxy) is 1. The van der Waals surface area contributed by atoms with Crippen molar-refractivity contribution in [1.29, 1.82) is 0 Å². The van der Waals surface area contributed by atoms with Gasteiger partial charge in [0.15, 0.2) is 6.10 Å². The van der Waals surface area contributed by atoms with Crippen LogP contribution in [0.15, 0.2) is 59.0 Å². The number of aromatic nitrogens is 2. The molecule has 0 aliphatic carbocycles. The van der Waals surface area contributed by atoms with E-state index in [1.807, 2.05) is 30.3 Å². The number of carbonyl (C=O) groups is 3. The van der Waals surface area contributed by atoms with Gasteiger partial charge >= 0.3 is 5.97 Å². The molecule has 0 unspecified atom stereocenters. The fourth-order valence-electron chi connectivity index (χ4n) is 2.89. The molecule has 0 fully saturated rings. The molecule has 0 spiro atoms. The summed E-state index contributed by atoms with van der Waals surface area (Å²) in [6.45, 7) is 1.08. The first-order valence-corrected chi connectivity index (χ1v) is 8.58. The van der Waals surface area contributed by atoms with Crippen LogP contribution in [0.1, 0.15) is 39.6 Å². The highest BCUT2D eigenvalue weighted by molar-refractivity contribution is 6.22. The van der Waals surface area contributed by atoms with Gasteiger partial charge in [-0.1, -0.05) is 30.3 Å². The van der Waals surface area contributed by atoms with Crippen molar-refractivity contribution in [2.24, 2.45) is 0 Å². The first-order chi connectivity index (χ1) is 13.5. The van der Waals surface area contributed by atoms with E-state index in [1.165, 1.54) is 0 Å². The molecule has 8 heteroatoms. The van der Waals surface area contributed by atoms with Crippen molar-refractivity contribution in [1.82, 2.24) is 15.1 Å². The Morgan fingerprint density at radius 2 is 1.61 bits per heavy atom. The molecule has 2 heterocycles. The van der Waals surface area contributed by atoms with E-state index in [4.69, 9.17) is 9.15 Å². The number of carbonyl (C=O) groups excluding carboxylic acids is 3. The second kappa shape index (κ2) is 7.07. The minimum absolute atomic E-state index is 0.120. The summed E-state index contributed by atoms with van der Waals surface area (Å²) in [5.74, 6) is -1.36. The Kier molecular flexibility index (Phi) is 4.44. The van der Waals surface area contributed by atoms with Crippen molar-refractivity contribution >= 4 is 17.8 Å². The van der Waals surface area contributed by atoms with Crippen LogP contribution in [0.4, 0.5) is 0 Å². The van der Waals surface area contributed by atoms with Crippen LogP contribution in [0.5, 0.6) is 0 Å². The lowest BCUT2D eigenvalue weighted by molar-refractivity contribution is -0.149. The van der Waals surface area contributed by atoms with Gasteiger partial charge in [-0.3, -0.25) is 19.3 Å². The Balaban J connectivity index is 1.41. The maximum atomic E-state index is 12.3. The van der Waals surface area contributed by atoms with E-state index in [-0.39, 0.29) is 17.0 Å². The second-order valence-corrected chi connectivity index (χ2v) is 6.19. The number of imide groups is 1. The van der Waals surface area contributed by atoms with Crippen molar-refractivity contribution in [3.05, 3.63) is 71.6 Å². The summed E-state index contributed by atoms with van der Waals surface area (Å²) in [5, 5.41) is 7.84. The zero-order chi connectivity index (χ0) is 19.7. The molecule has 28 heavy (non-hydrogen) atoms. The van der Waals surface area contributed by atoms with Crippen molar-refractivity contribution in [3.8, 4) is 11.5 Å². The molecule has 0 saturated heterocycles. The van der Waals surface area contributed by atoms with Gasteiger partial charge in [0.1, 0.15) is 6.54 Å². The van der Waals surface area contributed by atoms with Crippen LogP contribution in [-0.4, -0.2) is 39.4 Å². The quantitative estimate of drug-likeness (QED) is 0.497. The van der Waals surface area contributed by atoms with Crippen molar-refractivity contribution in [2.75, 3.05) is 6.54 Å². The molecule has 1 atom stereocenters. The van der Waals surface area contributed by atoms with Gasteiger partial charge in [-0.25, -0.2) is 0 Å². The Morgan fingerprint density at radius 3 is 2.25 bits per heavy atom. The van der Waals surface area contributed by atoms with Gasteiger partial charge in [-0.2, -0.15) is 0 Å². The molecule has 0 radical (unpaired) electrons. The third kappa shape index (κ3) is 3.16. The van der Waals surface area contributed by atoms with Gasteiger partial charge in [0.2, 0.25) is 5.89 Å². The monoisotopic (exact) mass is 377 g/mol. The number of hydrogen-bond acceptors (Lipinski definition) is 7. The van der Waals surface area contributed by atoms with Gasteiger partial charge in [-0.05, 0) is 31.2 Å². The van der Waals surface area contributed by atoms with Gasteiger partial charge < -0.3 is 9.15 Å². The predicted molar refractivity (Wildman–Crippen MR) is 96.0 cm³/mol. The standard InChI is InChI=1S/C20H15N3O5/c1-12(17-21-22-18(28-17)13-7-3-2-4-8-13)27-16(24)11-23-19(25)14-9-5-6-10-15(14)20(23)26/h2-10,12H,11H2,1H3/t12-/m0/s1. The van der Waals surface area contributed by atoms with E-state index in [9.17, 15) is 14.4 Å². The lowest BCUT2D eigenvalue weighted by Gasteiger charge is -2.15. The molecule has 2 aromatic carbocycles. The maximum absolute atomic E-state index is 12.3. The molecule has 1 aromatic heterocycles. The molecule has 1 aliphatic heterocycles. The van der Waals surface area contributed by atoms with E-state index < -0.39 is 30.4 Å². The van der Waals surface area contributed by atoms with Gasteiger partial charge in [0.05, 0.1) is 11.1 Å². The predicted octanol–water partition coefficient (Wildman–Crippen LogP) is 2.64. The maximum Gasteiger partial charge on any atom is 0.326 e. The summed E-state index contributed by atoms with van der Waals surface area (Å²) >= 11 is 0. The molecular formula is C20H15N3O5. The summed E-state index contributed by atoms with van der Waals surface area (Å²) in [4.78, 5) is 37.7. The number of fused-ring (bicyclic) bond motifs is 1. The molecule has 0 saturated carbocycles. The van der Waals surface area contributed by atoms with Crippen LogP contribution in [0.25, 0.3) is 11.5 Å². The van der Waals surface area contributed by atoms with Crippen LogP contribution >= 0.6 is 0 Å². The first-order valence-electron chi connectivity index (χ1n) is 8.58. The minimum Gasteiger partial charge on any atom is -0.451 e. The van der Waals surface area contributed by atoms with Gasteiger partial charge in [-0.15, -0.1) is 10.2 Å². The highest BCUT2D eigenvalue weighted by Crippen LogP contribution is 2.24. The summed E-state index contributed by atoms with van der Waals surface area (Å²) in [6, 6.07) is 15.6. The lowest BCUT2D eigenvalue weighted by atomic mass is 10.1. The average Bonchev–Trinajstić information content (AvgIpc) is 3.29. The van der Waals surface area contributed by atoms with Crippen LogP contribution in [0, 0.1) is 0 Å². The zero-order valence-corrected chi connectivity index (χ0v) is 14.9. The fraction of sp³-hybridized carbons (Fsp3) is 0.150. The van der Waals surface area contributed by atoms with Crippen LogP contribution < -0.4 is 0 Å². The largest absolute Gasteiger partial charge is 0.451 e. The minimum atomic E-state index is -0.826. The highest BCUT2D eigenvalue weighted by Gasteiger charge is 2.37. The molecule has 140 valence electrons. The average molecular weight is 377 g/mol. The molecular weight excluding hydrogens is 362 g/mol. The Morgan fingerprint density at radius 1 is 1.00 bits per heavy atom. The number of amides is 2. The van der Waals surface area contributed by atoms with Crippen molar-refractivity contribution in [2.45, 2.75) is 13.0 Å². The first kappa shape index (κ1) is 17.6. The fourth-order valence-corrected chi connectivity index (χ4v) is 2.89. The van der Waals surface area contributed by atoms with Crippen molar-refractivity contribution < 1.29 is 23.5 Å². The molecule has 2 amide bonds. The third-order valence-corrected chi connectivity index (χ3v) is 4.28. The second-order valence-electron chi connectivity index (χ2n) is 6.19. The van der Waals surface area contributed by atoms with Crippen molar-refractivity contribution in [3.63, 3.8) is 0 Å². The van der Waals surface area contributed by atoms with E-state index >= 15 is 0 Å². The number of rotatable bonds is 5. The normalized spacial score (nSPS) is 14.1. The summed E-state index contributed by atoms with van der Waals surface area (Å²) in [7, 11) is 0. The SMILES string of the molecule is C[C@H](OC(=O)CN1C(=O)c2ccccc2C1=O)c1nnc(-c2ccccc2)o1. The van der Waals surface area contributed by atoms with Crippen LogP contribution in [0.2, 0.25) is 0 Å². The lowest BCUT2D eigenvalue weighted by Crippen LogP contribution is -2.36. The number of hydrogen-bond donors (Lipinski definition) is 0. The van der Waals surface area contributed by atoms with E-state index in [2.05, 4.69) is 10.2 Å². The molecule has 0 N–H and O–H groups in total. The van der Waals surface area contributed by atoms with Crippen LogP contribution in [0.3, 0.4) is 0 Å². The molecule has 4 rings (SSSR count).